The Bertz CT molecular complexity index is 890. The average Bonchev–Trinajstić information content (AvgIpc) is 3.03. The zero-order valence-electron chi connectivity index (χ0n) is 12.4. The highest BCUT2D eigenvalue weighted by molar-refractivity contribution is 7.89. The molecule has 0 aliphatic carbocycles. The third-order valence-electron chi connectivity index (χ3n) is 3.58. The monoisotopic (exact) mass is 319 g/mol. The Morgan fingerprint density at radius 2 is 2.05 bits per heavy atom. The molecule has 2 N–H and O–H groups in total. The number of H-pyrrole nitrogens is 1. The fourth-order valence-corrected chi connectivity index (χ4v) is 3.95. The second-order valence-corrected chi connectivity index (χ2v) is 6.87. The van der Waals surface area contributed by atoms with Crippen LogP contribution in [0.3, 0.4) is 0 Å². The second kappa shape index (κ2) is 5.58. The minimum absolute atomic E-state index is 0.226. The molecule has 0 unspecified atom stereocenters. The van der Waals surface area contributed by atoms with Crippen LogP contribution >= 0.6 is 0 Å². The fourth-order valence-electron chi connectivity index (χ4n) is 2.56. The molecule has 0 radical (unpaired) electrons. The summed E-state index contributed by atoms with van der Waals surface area (Å²) in [7, 11) is -3.56. The Labute approximate surface area is 128 Å². The molecule has 0 atom stereocenters. The van der Waals surface area contributed by atoms with Crippen LogP contribution in [-0.4, -0.2) is 25.2 Å². The largest absolute Gasteiger partial charge is 0.464 e. The lowest BCUT2D eigenvalue weighted by molar-refractivity contribution is 0.579. The summed E-state index contributed by atoms with van der Waals surface area (Å²) in [6.45, 7) is 3.66. The van der Waals surface area contributed by atoms with Crippen LogP contribution in [0.4, 0.5) is 0 Å². The number of aromatic amines is 1. The minimum Gasteiger partial charge on any atom is -0.464 e. The summed E-state index contributed by atoms with van der Waals surface area (Å²) in [5.41, 5.74) is 2.80. The van der Waals surface area contributed by atoms with Gasteiger partial charge in [0, 0.05) is 11.9 Å². The molecule has 0 aliphatic heterocycles. The summed E-state index contributed by atoms with van der Waals surface area (Å²) in [4.78, 5) is 0.226. The standard InChI is InChI=1S/C15H17N3O3S/c1-10-15(11(2)18-17-10)22(19,20)16-8-7-12-9-21-14-6-4-3-5-13(12)14/h3-6,9,16H,7-8H2,1-2H3,(H,17,18). The minimum atomic E-state index is -3.56. The molecule has 1 aromatic carbocycles. The number of nitrogens with zero attached hydrogens (tertiary/aromatic N) is 1. The molecule has 0 spiro atoms. The van der Waals surface area contributed by atoms with Gasteiger partial charge >= 0.3 is 0 Å². The molecule has 7 heteroatoms. The number of sulfonamides is 1. The van der Waals surface area contributed by atoms with Crippen molar-refractivity contribution < 1.29 is 12.8 Å². The van der Waals surface area contributed by atoms with Gasteiger partial charge in [0.2, 0.25) is 10.0 Å². The van der Waals surface area contributed by atoms with E-state index in [9.17, 15) is 8.42 Å². The Balaban J connectivity index is 1.73. The molecule has 2 heterocycles. The molecule has 116 valence electrons. The summed E-state index contributed by atoms with van der Waals surface area (Å²) >= 11 is 0. The van der Waals surface area contributed by atoms with Gasteiger partial charge in [0.1, 0.15) is 10.5 Å². The fraction of sp³-hybridized carbons (Fsp3) is 0.267. The van der Waals surface area contributed by atoms with Crippen LogP contribution in [0.5, 0.6) is 0 Å². The second-order valence-electron chi connectivity index (χ2n) is 5.17. The molecule has 0 amide bonds. The van der Waals surface area contributed by atoms with Crippen molar-refractivity contribution in [3.63, 3.8) is 0 Å². The number of hydrogen-bond donors (Lipinski definition) is 2. The number of aromatic nitrogens is 2. The van der Waals surface area contributed by atoms with Crippen molar-refractivity contribution in [1.82, 2.24) is 14.9 Å². The predicted molar refractivity (Wildman–Crippen MR) is 83.2 cm³/mol. The van der Waals surface area contributed by atoms with Crippen molar-refractivity contribution in [2.24, 2.45) is 0 Å². The molecule has 0 bridgehead atoms. The van der Waals surface area contributed by atoms with E-state index in [1.165, 1.54) is 0 Å². The van der Waals surface area contributed by atoms with Crippen molar-refractivity contribution in [3.8, 4) is 0 Å². The molecule has 0 saturated heterocycles. The van der Waals surface area contributed by atoms with E-state index in [0.717, 1.165) is 16.5 Å². The predicted octanol–water partition coefficient (Wildman–Crippen LogP) is 2.29. The van der Waals surface area contributed by atoms with Gasteiger partial charge in [-0.25, -0.2) is 13.1 Å². The van der Waals surface area contributed by atoms with E-state index < -0.39 is 10.0 Å². The van der Waals surface area contributed by atoms with Crippen molar-refractivity contribution in [1.29, 1.82) is 0 Å². The normalized spacial score (nSPS) is 12.1. The number of furan rings is 1. The van der Waals surface area contributed by atoms with E-state index in [0.29, 0.717) is 24.4 Å². The Morgan fingerprint density at radius 1 is 1.27 bits per heavy atom. The Hall–Kier alpha value is -2.12. The number of aryl methyl sites for hydroxylation is 2. The third kappa shape index (κ3) is 2.65. The van der Waals surface area contributed by atoms with E-state index in [1.54, 1.807) is 20.1 Å². The van der Waals surface area contributed by atoms with E-state index in [1.807, 2.05) is 24.3 Å². The molecule has 6 nitrogen and oxygen atoms in total. The van der Waals surface area contributed by atoms with Gasteiger partial charge in [-0.05, 0) is 31.9 Å². The maximum Gasteiger partial charge on any atom is 0.244 e. The highest BCUT2D eigenvalue weighted by atomic mass is 32.2. The molecule has 3 rings (SSSR count). The first-order valence-corrected chi connectivity index (χ1v) is 8.43. The summed E-state index contributed by atoms with van der Waals surface area (Å²) in [5.74, 6) is 0. The van der Waals surface area contributed by atoms with Crippen LogP contribution in [0, 0.1) is 13.8 Å². The number of hydrogen-bond acceptors (Lipinski definition) is 4. The van der Waals surface area contributed by atoms with Crippen LogP contribution in [0.2, 0.25) is 0 Å². The van der Waals surface area contributed by atoms with Gasteiger partial charge in [0.15, 0.2) is 0 Å². The maximum absolute atomic E-state index is 12.3. The highest BCUT2D eigenvalue weighted by Gasteiger charge is 2.21. The number of para-hydroxylation sites is 1. The molecular weight excluding hydrogens is 302 g/mol. The van der Waals surface area contributed by atoms with Crippen LogP contribution in [0.15, 0.2) is 39.8 Å². The lowest BCUT2D eigenvalue weighted by Gasteiger charge is -2.06. The van der Waals surface area contributed by atoms with Crippen molar-refractivity contribution >= 4 is 21.0 Å². The van der Waals surface area contributed by atoms with E-state index in [-0.39, 0.29) is 4.90 Å². The zero-order chi connectivity index (χ0) is 15.7. The number of rotatable bonds is 5. The van der Waals surface area contributed by atoms with E-state index in [4.69, 9.17) is 4.42 Å². The summed E-state index contributed by atoms with van der Waals surface area (Å²) in [5, 5.41) is 7.62. The number of nitrogens with one attached hydrogen (secondary N) is 2. The van der Waals surface area contributed by atoms with Gasteiger partial charge in [-0.2, -0.15) is 5.10 Å². The number of benzene rings is 1. The molecule has 2 aromatic heterocycles. The first-order chi connectivity index (χ1) is 10.5. The molecule has 0 saturated carbocycles. The third-order valence-corrected chi connectivity index (χ3v) is 5.30. The number of fused-ring (bicyclic) bond motifs is 1. The Morgan fingerprint density at radius 3 is 2.77 bits per heavy atom. The van der Waals surface area contributed by atoms with Gasteiger partial charge in [-0.3, -0.25) is 5.10 Å². The lowest BCUT2D eigenvalue weighted by Crippen LogP contribution is -2.26. The van der Waals surface area contributed by atoms with Crippen molar-refractivity contribution in [2.75, 3.05) is 6.54 Å². The molecular formula is C15H17N3O3S. The van der Waals surface area contributed by atoms with Crippen molar-refractivity contribution in [2.45, 2.75) is 25.2 Å². The molecule has 0 aliphatic rings. The van der Waals surface area contributed by atoms with Crippen LogP contribution in [0.25, 0.3) is 11.0 Å². The first-order valence-electron chi connectivity index (χ1n) is 6.95. The first kappa shape index (κ1) is 14.8. The van der Waals surface area contributed by atoms with Gasteiger partial charge < -0.3 is 4.42 Å². The highest BCUT2D eigenvalue weighted by Crippen LogP contribution is 2.21. The van der Waals surface area contributed by atoms with Crippen molar-refractivity contribution in [3.05, 3.63) is 47.5 Å². The van der Waals surface area contributed by atoms with Gasteiger partial charge in [0.05, 0.1) is 17.7 Å². The quantitative estimate of drug-likeness (QED) is 0.755. The molecule has 22 heavy (non-hydrogen) atoms. The topological polar surface area (TPSA) is 88.0 Å². The van der Waals surface area contributed by atoms with Gasteiger partial charge in [-0.15, -0.1) is 0 Å². The van der Waals surface area contributed by atoms with Crippen LogP contribution in [0.1, 0.15) is 17.0 Å². The van der Waals surface area contributed by atoms with E-state index >= 15 is 0 Å². The summed E-state index contributed by atoms with van der Waals surface area (Å²) < 4.78 is 32.7. The van der Waals surface area contributed by atoms with Gasteiger partial charge in [-0.1, -0.05) is 18.2 Å². The van der Waals surface area contributed by atoms with E-state index in [2.05, 4.69) is 14.9 Å². The smallest absolute Gasteiger partial charge is 0.244 e. The van der Waals surface area contributed by atoms with Crippen LogP contribution < -0.4 is 4.72 Å². The Kier molecular flexibility index (Phi) is 3.76. The van der Waals surface area contributed by atoms with Gasteiger partial charge in [0.25, 0.3) is 0 Å². The summed E-state index contributed by atoms with van der Waals surface area (Å²) in [6.07, 6.45) is 2.24. The maximum atomic E-state index is 12.3. The molecule has 0 fully saturated rings. The molecule has 3 aromatic rings. The zero-order valence-corrected chi connectivity index (χ0v) is 13.2. The summed E-state index contributed by atoms with van der Waals surface area (Å²) in [6, 6.07) is 7.70. The van der Waals surface area contributed by atoms with Crippen LogP contribution in [-0.2, 0) is 16.4 Å². The SMILES string of the molecule is Cc1n[nH]c(C)c1S(=O)(=O)NCCc1coc2ccccc12. The lowest BCUT2D eigenvalue weighted by atomic mass is 10.1. The average molecular weight is 319 g/mol.